The summed E-state index contributed by atoms with van der Waals surface area (Å²) in [6, 6.07) is 0. The fourth-order valence-corrected chi connectivity index (χ4v) is 3.14. The van der Waals surface area contributed by atoms with Crippen LogP contribution in [0, 0.1) is 0 Å². The predicted molar refractivity (Wildman–Crippen MR) is 83.6 cm³/mol. The molecule has 6 nitrogen and oxygen atoms in total. The third kappa shape index (κ3) is 2.99. The first-order valence-corrected chi connectivity index (χ1v) is 10.0. The van der Waals surface area contributed by atoms with E-state index in [9.17, 15) is 0 Å². The molecule has 100 valence electrons. The van der Waals surface area contributed by atoms with Gasteiger partial charge in [0.05, 0.1) is 43.4 Å². The van der Waals surface area contributed by atoms with E-state index in [4.69, 9.17) is 16.3 Å². The van der Waals surface area contributed by atoms with Crippen molar-refractivity contribution in [2.75, 3.05) is 11.9 Å². The molecule has 1 aliphatic rings. The molecule has 0 aliphatic carbocycles. The van der Waals surface area contributed by atoms with Crippen molar-refractivity contribution in [1.29, 1.82) is 0 Å². The summed E-state index contributed by atoms with van der Waals surface area (Å²) in [5.41, 5.74) is 2.81. The Morgan fingerprint density at radius 1 is 1.47 bits per heavy atom. The van der Waals surface area contributed by atoms with Gasteiger partial charge in [0.15, 0.2) is 0 Å². The van der Waals surface area contributed by atoms with Crippen molar-refractivity contribution in [3.8, 4) is 0 Å². The molecule has 2 aromatic heterocycles. The molecule has 0 spiro atoms. The summed E-state index contributed by atoms with van der Waals surface area (Å²) < 4.78 is 7.31. The molecule has 0 saturated heterocycles. The normalized spacial score (nSPS) is 14.8. The molecular weight excluding hydrogens is 399 g/mol. The van der Waals surface area contributed by atoms with Gasteiger partial charge in [-0.15, -0.1) is 0 Å². The minimum atomic E-state index is 0.256. The fraction of sp³-hybridized carbons (Fsp3) is 0.300. The number of ether oxygens (including phenoxy) is 1. The number of halogens is 2. The first-order valence-electron chi connectivity index (χ1n) is 5.57. The zero-order valence-corrected chi connectivity index (χ0v) is 13.6. The Morgan fingerprint density at radius 2 is 2.37 bits per heavy atom. The molecule has 3 rings (SSSR count). The standard InChI is InChI=1S/C10H10ClIN5OP/c11-10-15-8-1-2-18-5-7(8)9(16-10)14-6-3-13-17(4-6)19-12/h3-4,19H,1-2,5H2,(H,14,15,16). The van der Waals surface area contributed by atoms with E-state index in [1.807, 2.05) is 10.6 Å². The number of rotatable bonds is 3. The summed E-state index contributed by atoms with van der Waals surface area (Å²) >= 11 is 8.23. The lowest BCUT2D eigenvalue weighted by atomic mass is 10.1. The van der Waals surface area contributed by atoms with E-state index in [0.717, 1.165) is 23.4 Å². The Kier molecular flexibility index (Phi) is 4.16. The van der Waals surface area contributed by atoms with Gasteiger partial charge in [-0.2, -0.15) is 5.10 Å². The SMILES string of the molecule is Clc1nc2c(c(Nc3cnn(PI)c3)n1)COCC2. The number of nitrogens with one attached hydrogen (secondary N) is 1. The second kappa shape index (κ2) is 5.87. The van der Waals surface area contributed by atoms with Gasteiger partial charge in [-0.1, -0.05) is 0 Å². The number of hydrogen-bond donors (Lipinski definition) is 1. The number of nitrogens with zero attached hydrogens (tertiary/aromatic N) is 4. The van der Waals surface area contributed by atoms with E-state index in [1.54, 1.807) is 6.20 Å². The Bertz CT molecular complexity index is 608. The van der Waals surface area contributed by atoms with Crippen LogP contribution in [0.1, 0.15) is 11.3 Å². The first-order chi connectivity index (χ1) is 9.26. The quantitative estimate of drug-likeness (QED) is 0.480. The minimum Gasteiger partial charge on any atom is -0.376 e. The van der Waals surface area contributed by atoms with Crippen molar-refractivity contribution in [2.24, 2.45) is 0 Å². The fourth-order valence-electron chi connectivity index (χ4n) is 1.88. The van der Waals surface area contributed by atoms with Crippen molar-refractivity contribution in [1.82, 2.24) is 19.5 Å². The van der Waals surface area contributed by atoms with E-state index >= 15 is 0 Å². The van der Waals surface area contributed by atoms with E-state index in [1.165, 1.54) is 0 Å². The molecule has 1 atom stereocenters. The third-order valence-electron chi connectivity index (χ3n) is 2.73. The van der Waals surface area contributed by atoms with Crippen molar-refractivity contribution in [3.05, 3.63) is 28.9 Å². The lowest BCUT2D eigenvalue weighted by Gasteiger charge is -2.18. The Hall–Kier alpha value is -0.500. The highest BCUT2D eigenvalue weighted by atomic mass is 127. The summed E-state index contributed by atoms with van der Waals surface area (Å²) in [5.74, 6) is 0.700. The van der Waals surface area contributed by atoms with Gasteiger partial charge in [0.1, 0.15) is 5.82 Å². The summed E-state index contributed by atoms with van der Waals surface area (Å²) in [7, 11) is 0. The molecule has 0 bridgehead atoms. The van der Waals surface area contributed by atoms with Gasteiger partial charge < -0.3 is 10.1 Å². The largest absolute Gasteiger partial charge is 0.376 e. The Balaban J connectivity index is 1.93. The second-order valence-electron chi connectivity index (χ2n) is 3.95. The van der Waals surface area contributed by atoms with Crippen LogP contribution in [0.25, 0.3) is 0 Å². The molecule has 0 amide bonds. The maximum atomic E-state index is 5.96. The highest BCUT2D eigenvalue weighted by Gasteiger charge is 2.18. The molecule has 0 saturated carbocycles. The molecule has 1 aliphatic heterocycles. The monoisotopic (exact) mass is 409 g/mol. The van der Waals surface area contributed by atoms with Crippen LogP contribution in [0.5, 0.6) is 0 Å². The lowest BCUT2D eigenvalue weighted by Crippen LogP contribution is -2.15. The summed E-state index contributed by atoms with van der Waals surface area (Å²) in [6.45, 7) is 1.19. The Morgan fingerprint density at radius 3 is 3.16 bits per heavy atom. The van der Waals surface area contributed by atoms with Gasteiger partial charge in [-0.05, 0) is 33.6 Å². The maximum Gasteiger partial charge on any atom is 0.224 e. The lowest BCUT2D eigenvalue weighted by molar-refractivity contribution is 0.109. The smallest absolute Gasteiger partial charge is 0.224 e. The van der Waals surface area contributed by atoms with Gasteiger partial charge in [0.2, 0.25) is 5.28 Å². The van der Waals surface area contributed by atoms with Gasteiger partial charge >= 0.3 is 0 Å². The van der Waals surface area contributed by atoms with Crippen LogP contribution in [0.2, 0.25) is 5.28 Å². The molecule has 19 heavy (non-hydrogen) atoms. The van der Waals surface area contributed by atoms with Crippen molar-refractivity contribution in [2.45, 2.75) is 13.0 Å². The molecule has 1 unspecified atom stereocenters. The van der Waals surface area contributed by atoms with Crippen LogP contribution in [0.3, 0.4) is 0 Å². The van der Waals surface area contributed by atoms with Crippen LogP contribution < -0.4 is 5.32 Å². The predicted octanol–water partition coefficient (Wildman–Crippen LogP) is 2.93. The molecule has 9 heteroatoms. The summed E-state index contributed by atoms with van der Waals surface area (Å²) in [4.78, 5) is 8.49. The molecule has 2 aromatic rings. The van der Waals surface area contributed by atoms with Crippen LogP contribution in [0.15, 0.2) is 12.4 Å². The van der Waals surface area contributed by atoms with Crippen LogP contribution in [0.4, 0.5) is 11.5 Å². The van der Waals surface area contributed by atoms with Crippen molar-refractivity contribution >= 4 is 51.5 Å². The highest BCUT2D eigenvalue weighted by Crippen LogP contribution is 2.28. The summed E-state index contributed by atoms with van der Waals surface area (Å²) in [5, 5.41) is 7.70. The van der Waals surface area contributed by atoms with Crippen LogP contribution in [-0.2, 0) is 17.8 Å². The molecule has 0 aromatic carbocycles. The minimum absolute atomic E-state index is 0.256. The maximum absolute atomic E-state index is 5.96. The number of anilines is 2. The third-order valence-corrected chi connectivity index (χ3v) is 4.80. The molecule has 3 heterocycles. The van der Waals surface area contributed by atoms with E-state index in [2.05, 4.69) is 42.4 Å². The van der Waals surface area contributed by atoms with Gasteiger partial charge in [-0.25, -0.2) is 14.4 Å². The molecular formula is C10H10ClIN5OP. The topological polar surface area (TPSA) is 64.9 Å². The molecule has 1 N–H and O–H groups in total. The zero-order valence-electron chi connectivity index (χ0n) is 9.73. The number of aromatic nitrogens is 4. The van der Waals surface area contributed by atoms with E-state index in [-0.39, 0.29) is 5.28 Å². The molecule has 0 radical (unpaired) electrons. The Labute approximate surface area is 129 Å². The van der Waals surface area contributed by atoms with Gasteiger partial charge in [0.25, 0.3) is 0 Å². The van der Waals surface area contributed by atoms with Crippen LogP contribution >= 0.6 is 40.0 Å². The summed E-state index contributed by atoms with van der Waals surface area (Å²) in [6.07, 6.45) is 5.02. The van der Waals surface area contributed by atoms with Crippen LogP contribution in [-0.4, -0.2) is 26.1 Å². The number of hydrogen-bond acceptors (Lipinski definition) is 5. The highest BCUT2D eigenvalue weighted by molar-refractivity contribution is 14.2. The van der Waals surface area contributed by atoms with Crippen molar-refractivity contribution in [3.63, 3.8) is 0 Å². The van der Waals surface area contributed by atoms with Gasteiger partial charge in [0, 0.05) is 12.0 Å². The van der Waals surface area contributed by atoms with E-state index in [0.29, 0.717) is 25.4 Å². The average molecular weight is 410 g/mol. The van der Waals surface area contributed by atoms with E-state index < -0.39 is 0 Å². The zero-order chi connectivity index (χ0) is 13.2. The first kappa shape index (κ1) is 13.5. The number of fused-ring (bicyclic) bond motifs is 1. The van der Waals surface area contributed by atoms with Gasteiger partial charge in [-0.3, -0.25) is 0 Å². The molecule has 0 fully saturated rings. The average Bonchev–Trinajstić information content (AvgIpc) is 2.86. The van der Waals surface area contributed by atoms with Crippen molar-refractivity contribution < 1.29 is 4.74 Å². The second-order valence-corrected chi connectivity index (χ2v) is 6.36.